The highest BCUT2D eigenvalue weighted by atomic mass is 16.3. The molecule has 9 rings (SSSR count). The minimum Gasteiger partial charge on any atom is -0.456 e. The van der Waals surface area contributed by atoms with Crippen LogP contribution >= 0.6 is 0 Å². The van der Waals surface area contributed by atoms with Crippen molar-refractivity contribution in [3.8, 4) is 11.1 Å². The van der Waals surface area contributed by atoms with Gasteiger partial charge in [-0.3, -0.25) is 4.99 Å². The summed E-state index contributed by atoms with van der Waals surface area (Å²) in [7, 11) is 0. The molecule has 0 fully saturated rings. The van der Waals surface area contributed by atoms with E-state index >= 15 is 0 Å². The number of amidine groups is 2. The van der Waals surface area contributed by atoms with Crippen LogP contribution in [0, 0.1) is 0 Å². The number of rotatable bonds is 5. The van der Waals surface area contributed by atoms with E-state index in [0.717, 1.165) is 82.5 Å². The summed E-state index contributed by atoms with van der Waals surface area (Å²) < 4.78 is 12.4. The second-order valence-electron chi connectivity index (χ2n) is 12.0. The van der Waals surface area contributed by atoms with Crippen LogP contribution in [-0.2, 0) is 6.54 Å². The Morgan fingerprint density at radius 2 is 1.21 bits per heavy atom. The minimum atomic E-state index is 0.391. The number of nitrogens with zero attached hydrogens (tertiary/aromatic N) is 2. The molecule has 2 heterocycles. The Kier molecular flexibility index (Phi) is 6.61. The Bertz CT molecular complexity index is 2720. The second kappa shape index (κ2) is 11.4. The normalized spacial score (nSPS) is 12.6. The molecule has 0 aliphatic rings. The van der Waals surface area contributed by atoms with Gasteiger partial charge in [-0.1, -0.05) is 109 Å². The highest BCUT2D eigenvalue weighted by Gasteiger charge is 2.14. The number of para-hydroxylation sites is 2. The Hall–Kier alpha value is -6.46. The third kappa shape index (κ3) is 4.89. The van der Waals surface area contributed by atoms with Crippen molar-refractivity contribution in [2.75, 3.05) is 0 Å². The van der Waals surface area contributed by atoms with Gasteiger partial charge in [-0.2, -0.15) is 0 Å². The molecule has 0 amide bonds. The number of furan rings is 2. The Balaban J connectivity index is 1.13. The van der Waals surface area contributed by atoms with Gasteiger partial charge in [0.15, 0.2) is 5.84 Å². The molecule has 0 bridgehead atoms. The molecule has 9 aromatic rings. The molecule has 0 atom stereocenters. The van der Waals surface area contributed by atoms with Crippen molar-refractivity contribution in [2.24, 2.45) is 15.7 Å². The molecule has 0 saturated carbocycles. The maximum Gasteiger partial charge on any atom is 0.157 e. The van der Waals surface area contributed by atoms with Crippen molar-refractivity contribution in [3.63, 3.8) is 0 Å². The molecule has 228 valence electrons. The van der Waals surface area contributed by atoms with E-state index in [2.05, 4.69) is 72.8 Å². The summed E-state index contributed by atoms with van der Waals surface area (Å²) in [4.78, 5) is 9.89. The zero-order valence-corrected chi connectivity index (χ0v) is 25.9. The van der Waals surface area contributed by atoms with E-state index in [9.17, 15) is 0 Å². The molecular weight excluding hydrogens is 590 g/mol. The van der Waals surface area contributed by atoms with Crippen LogP contribution in [0.25, 0.3) is 65.8 Å². The van der Waals surface area contributed by atoms with E-state index in [4.69, 9.17) is 24.6 Å². The number of aliphatic imine (C=N–C) groups is 2. The number of fused-ring (bicyclic) bond motifs is 7. The molecule has 0 unspecified atom stereocenters. The summed E-state index contributed by atoms with van der Waals surface area (Å²) >= 11 is 0. The van der Waals surface area contributed by atoms with Crippen molar-refractivity contribution in [2.45, 2.75) is 6.54 Å². The highest BCUT2D eigenvalue weighted by Crippen LogP contribution is 2.37. The summed E-state index contributed by atoms with van der Waals surface area (Å²) in [6, 6.07) is 51.5. The summed E-state index contributed by atoms with van der Waals surface area (Å²) in [6.45, 7) is 0.473. The molecule has 2 aromatic heterocycles. The summed E-state index contributed by atoms with van der Waals surface area (Å²) in [6.07, 6.45) is 0. The van der Waals surface area contributed by atoms with E-state index in [0.29, 0.717) is 18.2 Å². The van der Waals surface area contributed by atoms with Crippen LogP contribution in [0.15, 0.2) is 170 Å². The zero-order chi connectivity index (χ0) is 32.0. The van der Waals surface area contributed by atoms with Crippen LogP contribution < -0.4 is 5.73 Å². The first-order valence-electron chi connectivity index (χ1n) is 16.0. The molecule has 0 saturated heterocycles. The smallest absolute Gasteiger partial charge is 0.157 e. The average molecular weight is 620 g/mol. The first-order valence-corrected chi connectivity index (χ1v) is 16.0. The lowest BCUT2D eigenvalue weighted by molar-refractivity contribution is 0.668. The number of hydrogen-bond acceptors (Lipinski definition) is 3. The topological polar surface area (TPSA) is 77.0 Å². The highest BCUT2D eigenvalue weighted by molar-refractivity contribution is 6.15. The first kappa shape index (κ1) is 27.8. The van der Waals surface area contributed by atoms with Gasteiger partial charge in [0.25, 0.3) is 0 Å². The second-order valence-corrected chi connectivity index (χ2v) is 12.0. The molecule has 2 N–H and O–H groups in total. The lowest BCUT2D eigenvalue weighted by Gasteiger charge is -2.09. The summed E-state index contributed by atoms with van der Waals surface area (Å²) in [5, 5.41) is 6.55. The number of hydrogen-bond donors (Lipinski definition) is 1. The van der Waals surface area contributed by atoms with E-state index in [1.165, 1.54) is 0 Å². The van der Waals surface area contributed by atoms with Crippen molar-refractivity contribution in [1.82, 2.24) is 0 Å². The molecule has 48 heavy (non-hydrogen) atoms. The van der Waals surface area contributed by atoms with Crippen LogP contribution in [0.5, 0.6) is 0 Å². The van der Waals surface area contributed by atoms with Gasteiger partial charge in [0.05, 0.1) is 6.54 Å². The lowest BCUT2D eigenvalue weighted by atomic mass is 9.96. The Morgan fingerprint density at radius 3 is 2.08 bits per heavy atom. The van der Waals surface area contributed by atoms with Gasteiger partial charge in [0, 0.05) is 32.7 Å². The van der Waals surface area contributed by atoms with E-state index in [-0.39, 0.29) is 0 Å². The monoisotopic (exact) mass is 619 g/mol. The molecule has 0 aliphatic heterocycles. The van der Waals surface area contributed by atoms with Crippen LogP contribution in [0.3, 0.4) is 0 Å². The number of nitrogens with two attached hydrogens (primary N) is 1. The van der Waals surface area contributed by atoms with E-state index < -0.39 is 0 Å². The van der Waals surface area contributed by atoms with Crippen molar-refractivity contribution in [1.29, 1.82) is 0 Å². The molecule has 0 spiro atoms. The lowest BCUT2D eigenvalue weighted by Crippen LogP contribution is -2.16. The van der Waals surface area contributed by atoms with Gasteiger partial charge >= 0.3 is 0 Å². The fraction of sp³-hybridized carbons (Fsp3) is 0.0233. The Labute approximate surface area is 276 Å². The Morgan fingerprint density at radius 1 is 0.521 bits per heavy atom. The van der Waals surface area contributed by atoms with E-state index in [1.54, 1.807) is 0 Å². The average Bonchev–Trinajstić information content (AvgIpc) is 3.71. The molecule has 0 radical (unpaired) electrons. The summed E-state index contributed by atoms with van der Waals surface area (Å²) in [5.74, 6) is 0.938. The predicted octanol–water partition coefficient (Wildman–Crippen LogP) is 10.7. The molecule has 0 aliphatic carbocycles. The van der Waals surface area contributed by atoms with Gasteiger partial charge in [-0.05, 0) is 69.9 Å². The molecule has 7 aromatic carbocycles. The zero-order valence-electron chi connectivity index (χ0n) is 25.9. The van der Waals surface area contributed by atoms with Crippen molar-refractivity contribution < 1.29 is 8.83 Å². The minimum absolute atomic E-state index is 0.391. The van der Waals surface area contributed by atoms with Crippen LogP contribution in [0.4, 0.5) is 0 Å². The quantitative estimate of drug-likeness (QED) is 0.154. The van der Waals surface area contributed by atoms with Crippen LogP contribution in [-0.4, -0.2) is 11.7 Å². The molecule has 5 heteroatoms. The van der Waals surface area contributed by atoms with Crippen LogP contribution in [0.2, 0.25) is 0 Å². The molecule has 5 nitrogen and oxygen atoms in total. The maximum atomic E-state index is 6.77. The summed E-state index contributed by atoms with van der Waals surface area (Å²) in [5.41, 5.74) is 15.2. The fourth-order valence-corrected chi connectivity index (χ4v) is 6.57. The van der Waals surface area contributed by atoms with Crippen LogP contribution in [0.1, 0.15) is 16.7 Å². The van der Waals surface area contributed by atoms with Crippen molar-refractivity contribution >= 4 is 66.3 Å². The standard InChI is InChI=1S/C43H29N3O2/c44-42(46-43(45-26-27-9-2-1-3-10-27)31-21-22-35-34-11-4-6-14-37(34)48-40(35)25-31)30-20-18-28-17-19-29(23-32(28)24-30)33-13-8-16-39-41(33)36-12-5-7-15-38(36)47-39/h1-25H,26H2,(H2,44,45,46). The van der Waals surface area contributed by atoms with Gasteiger partial charge in [-0.25, -0.2) is 4.99 Å². The SMILES string of the molecule is N/C(=N\C(=N/Cc1ccccc1)c1ccc2c(c1)oc1ccccc12)c1ccc2ccc(-c3cccc4oc5ccccc5c34)cc2c1. The third-order valence-corrected chi connectivity index (χ3v) is 8.97. The largest absolute Gasteiger partial charge is 0.456 e. The fourth-order valence-electron chi connectivity index (χ4n) is 6.57. The van der Waals surface area contributed by atoms with Gasteiger partial charge in [0.2, 0.25) is 0 Å². The van der Waals surface area contributed by atoms with Gasteiger partial charge in [0.1, 0.15) is 28.2 Å². The van der Waals surface area contributed by atoms with E-state index in [1.807, 2.05) is 78.9 Å². The first-order chi connectivity index (χ1) is 23.7. The predicted molar refractivity (Wildman–Crippen MR) is 198 cm³/mol. The maximum absolute atomic E-state index is 6.77. The number of benzene rings is 7. The van der Waals surface area contributed by atoms with Crippen molar-refractivity contribution in [3.05, 3.63) is 168 Å². The van der Waals surface area contributed by atoms with Gasteiger partial charge in [-0.15, -0.1) is 0 Å². The third-order valence-electron chi connectivity index (χ3n) is 8.97. The molecular formula is C43H29N3O2. The van der Waals surface area contributed by atoms with Gasteiger partial charge < -0.3 is 14.6 Å².